The summed E-state index contributed by atoms with van der Waals surface area (Å²) in [7, 11) is 1.23. The first-order chi connectivity index (χ1) is 13.9. The van der Waals surface area contributed by atoms with Crippen LogP contribution in [0.2, 0.25) is 0 Å². The molecular formula is C22H20F2N2O3. The summed E-state index contributed by atoms with van der Waals surface area (Å²) in [4.78, 5) is 25.7. The van der Waals surface area contributed by atoms with Gasteiger partial charge in [0.25, 0.3) is 0 Å². The number of anilines is 2. The molecule has 3 atom stereocenters. The summed E-state index contributed by atoms with van der Waals surface area (Å²) in [6.45, 7) is 1.80. The SMILES string of the molecule is COC(=O)[C@@H]1C(=O)C2=C(C[C@@H]1C)Nc1ccccc1N[C@@H]2c1cc(F)ccc1F. The van der Waals surface area contributed by atoms with Gasteiger partial charge in [-0.2, -0.15) is 0 Å². The minimum absolute atomic E-state index is 0.00234. The van der Waals surface area contributed by atoms with Crippen molar-refractivity contribution < 1.29 is 23.1 Å². The van der Waals surface area contributed by atoms with Gasteiger partial charge in [0.1, 0.15) is 17.6 Å². The van der Waals surface area contributed by atoms with E-state index in [-0.39, 0.29) is 17.1 Å². The first-order valence-electron chi connectivity index (χ1n) is 9.33. The van der Waals surface area contributed by atoms with Gasteiger partial charge in [0.2, 0.25) is 0 Å². The van der Waals surface area contributed by atoms with Crippen molar-refractivity contribution in [2.45, 2.75) is 19.4 Å². The lowest BCUT2D eigenvalue weighted by molar-refractivity contribution is -0.151. The average molecular weight is 398 g/mol. The Morgan fingerprint density at radius 1 is 1.14 bits per heavy atom. The molecule has 5 nitrogen and oxygen atoms in total. The molecule has 0 unspecified atom stereocenters. The minimum atomic E-state index is -0.998. The molecule has 0 amide bonds. The van der Waals surface area contributed by atoms with E-state index in [0.717, 1.165) is 23.9 Å². The van der Waals surface area contributed by atoms with Crippen LogP contribution < -0.4 is 10.6 Å². The lowest BCUT2D eigenvalue weighted by atomic mass is 9.74. The van der Waals surface area contributed by atoms with E-state index in [1.165, 1.54) is 7.11 Å². The molecule has 29 heavy (non-hydrogen) atoms. The third-order valence-electron chi connectivity index (χ3n) is 5.49. The van der Waals surface area contributed by atoms with Crippen molar-refractivity contribution in [2.24, 2.45) is 11.8 Å². The molecule has 0 radical (unpaired) electrons. The number of allylic oxidation sites excluding steroid dienone is 1. The van der Waals surface area contributed by atoms with Gasteiger partial charge in [-0.25, -0.2) is 8.78 Å². The summed E-state index contributed by atoms with van der Waals surface area (Å²) in [5, 5.41) is 6.43. The standard InChI is InChI=1S/C22H20F2N2O3/c1-11-9-17-19(21(27)18(11)22(28)29-2)20(13-10-12(23)7-8-14(13)24)26-16-6-4-3-5-15(16)25-17/h3-8,10-11,18,20,25-26H,9H2,1-2H3/t11-,18-,20+/m0/s1. The first kappa shape index (κ1) is 19.1. The molecule has 150 valence electrons. The molecule has 1 heterocycles. The monoisotopic (exact) mass is 398 g/mol. The van der Waals surface area contributed by atoms with Crippen LogP contribution in [0.4, 0.5) is 20.2 Å². The maximum atomic E-state index is 14.7. The molecule has 2 aliphatic rings. The number of rotatable bonds is 2. The Morgan fingerprint density at radius 3 is 2.59 bits per heavy atom. The van der Waals surface area contributed by atoms with Crippen molar-refractivity contribution in [3.63, 3.8) is 0 Å². The van der Waals surface area contributed by atoms with Crippen LogP contribution in [0.5, 0.6) is 0 Å². The van der Waals surface area contributed by atoms with E-state index in [4.69, 9.17) is 4.74 Å². The highest BCUT2D eigenvalue weighted by atomic mass is 19.1. The highest BCUT2D eigenvalue weighted by Gasteiger charge is 2.44. The van der Waals surface area contributed by atoms with Crippen molar-refractivity contribution in [2.75, 3.05) is 17.7 Å². The van der Waals surface area contributed by atoms with E-state index in [2.05, 4.69) is 10.6 Å². The fraction of sp³-hybridized carbons (Fsp3) is 0.273. The lowest BCUT2D eigenvalue weighted by Crippen LogP contribution is -2.39. The predicted octanol–water partition coefficient (Wildman–Crippen LogP) is 4.20. The quantitative estimate of drug-likeness (QED) is 0.586. The molecule has 0 aromatic heterocycles. The fourth-order valence-corrected chi connectivity index (χ4v) is 4.10. The average Bonchev–Trinajstić information content (AvgIpc) is 2.86. The van der Waals surface area contributed by atoms with Gasteiger partial charge in [-0.3, -0.25) is 9.59 Å². The van der Waals surface area contributed by atoms with E-state index in [9.17, 15) is 18.4 Å². The molecule has 2 aromatic rings. The molecule has 7 heteroatoms. The molecule has 0 bridgehead atoms. The molecule has 0 spiro atoms. The van der Waals surface area contributed by atoms with Gasteiger partial charge in [-0.15, -0.1) is 0 Å². The molecule has 1 aliphatic heterocycles. The number of para-hydroxylation sites is 2. The number of ether oxygens (including phenoxy) is 1. The highest BCUT2D eigenvalue weighted by molar-refractivity contribution is 6.11. The number of benzene rings is 2. The highest BCUT2D eigenvalue weighted by Crippen LogP contribution is 2.44. The van der Waals surface area contributed by atoms with E-state index >= 15 is 0 Å². The number of hydrogen-bond acceptors (Lipinski definition) is 5. The van der Waals surface area contributed by atoms with Gasteiger partial charge >= 0.3 is 5.97 Å². The summed E-state index contributed by atoms with van der Waals surface area (Å²) in [6, 6.07) is 9.44. The number of esters is 1. The normalized spacial score (nSPS) is 23.3. The second kappa shape index (κ2) is 7.31. The number of fused-ring (bicyclic) bond motifs is 1. The maximum absolute atomic E-state index is 14.7. The Morgan fingerprint density at radius 2 is 1.86 bits per heavy atom. The molecule has 0 saturated carbocycles. The zero-order valence-corrected chi connectivity index (χ0v) is 16.0. The first-order valence-corrected chi connectivity index (χ1v) is 9.33. The van der Waals surface area contributed by atoms with Crippen LogP contribution >= 0.6 is 0 Å². The van der Waals surface area contributed by atoms with Gasteiger partial charge in [-0.05, 0) is 42.7 Å². The minimum Gasteiger partial charge on any atom is -0.468 e. The zero-order valence-electron chi connectivity index (χ0n) is 16.0. The van der Waals surface area contributed by atoms with Crippen LogP contribution in [0.1, 0.15) is 24.9 Å². The Kier molecular flexibility index (Phi) is 4.82. The fourth-order valence-electron chi connectivity index (χ4n) is 4.10. The summed E-state index contributed by atoms with van der Waals surface area (Å²) in [5.41, 5.74) is 2.18. The number of carbonyl (C=O) groups excluding carboxylic acids is 2. The molecule has 1 aliphatic carbocycles. The Labute approximate surface area is 166 Å². The van der Waals surface area contributed by atoms with Crippen molar-refractivity contribution in [1.29, 1.82) is 0 Å². The third-order valence-corrected chi connectivity index (χ3v) is 5.49. The second-order valence-electron chi connectivity index (χ2n) is 7.35. The Hall–Kier alpha value is -3.22. The molecule has 2 aromatic carbocycles. The summed E-state index contributed by atoms with van der Waals surface area (Å²) in [6.07, 6.45) is 0.393. The van der Waals surface area contributed by atoms with Crippen LogP contribution in [-0.2, 0) is 14.3 Å². The topological polar surface area (TPSA) is 67.4 Å². The number of halogens is 2. The summed E-state index contributed by atoms with van der Waals surface area (Å²) >= 11 is 0. The van der Waals surface area contributed by atoms with Gasteiger partial charge < -0.3 is 15.4 Å². The molecular weight excluding hydrogens is 378 g/mol. The molecule has 2 N–H and O–H groups in total. The number of Topliss-reactive ketones (excluding diaryl/α,β-unsaturated/α-hetero) is 1. The van der Waals surface area contributed by atoms with E-state index in [1.54, 1.807) is 19.1 Å². The van der Waals surface area contributed by atoms with Gasteiger partial charge in [0.15, 0.2) is 5.78 Å². The molecule has 0 fully saturated rings. The lowest BCUT2D eigenvalue weighted by Gasteiger charge is -2.32. The van der Waals surface area contributed by atoms with Gasteiger partial charge in [-0.1, -0.05) is 19.1 Å². The number of nitrogens with one attached hydrogen (secondary N) is 2. The van der Waals surface area contributed by atoms with Crippen LogP contribution in [0.25, 0.3) is 0 Å². The molecule has 0 saturated heterocycles. The van der Waals surface area contributed by atoms with Crippen LogP contribution in [-0.4, -0.2) is 18.9 Å². The Balaban J connectivity index is 1.91. The Bertz CT molecular complexity index is 1030. The predicted molar refractivity (Wildman–Crippen MR) is 104 cm³/mol. The summed E-state index contributed by atoms with van der Waals surface area (Å²) < 4.78 is 33.5. The van der Waals surface area contributed by atoms with Crippen LogP contribution in [0, 0.1) is 23.5 Å². The van der Waals surface area contributed by atoms with E-state index in [0.29, 0.717) is 17.8 Å². The summed E-state index contributed by atoms with van der Waals surface area (Å²) in [5.74, 6) is -3.64. The molecule has 4 rings (SSSR count). The third kappa shape index (κ3) is 3.26. The maximum Gasteiger partial charge on any atom is 0.316 e. The van der Waals surface area contributed by atoms with Crippen molar-refractivity contribution in [3.05, 3.63) is 70.9 Å². The zero-order chi connectivity index (χ0) is 20.7. The van der Waals surface area contributed by atoms with Crippen LogP contribution in [0.15, 0.2) is 53.7 Å². The van der Waals surface area contributed by atoms with Gasteiger partial charge in [0.05, 0.1) is 24.5 Å². The second-order valence-corrected chi connectivity index (χ2v) is 7.35. The van der Waals surface area contributed by atoms with Crippen molar-refractivity contribution >= 4 is 23.1 Å². The smallest absolute Gasteiger partial charge is 0.316 e. The van der Waals surface area contributed by atoms with Gasteiger partial charge in [0, 0.05) is 16.8 Å². The number of methoxy groups -OCH3 is 1. The number of carbonyl (C=O) groups is 2. The van der Waals surface area contributed by atoms with Crippen LogP contribution in [0.3, 0.4) is 0 Å². The largest absolute Gasteiger partial charge is 0.468 e. The van der Waals surface area contributed by atoms with E-state index < -0.39 is 35.3 Å². The van der Waals surface area contributed by atoms with Crippen molar-refractivity contribution in [1.82, 2.24) is 0 Å². The van der Waals surface area contributed by atoms with Crippen molar-refractivity contribution in [3.8, 4) is 0 Å². The van der Waals surface area contributed by atoms with E-state index in [1.807, 2.05) is 12.1 Å². The number of ketones is 1. The number of hydrogen-bond donors (Lipinski definition) is 2.